The Morgan fingerprint density at radius 2 is 2.11 bits per heavy atom. The molecule has 0 bridgehead atoms. The lowest BCUT2D eigenvalue weighted by Gasteiger charge is -2.07. The summed E-state index contributed by atoms with van der Waals surface area (Å²) in [5, 5.41) is 12.3. The van der Waals surface area contributed by atoms with Gasteiger partial charge in [-0.1, -0.05) is 38.3 Å². The molecule has 100 valence electrons. The first-order valence-electron chi connectivity index (χ1n) is 6.27. The lowest BCUT2D eigenvalue weighted by molar-refractivity contribution is 0.0953. The number of phenols is 1. The van der Waals surface area contributed by atoms with E-state index in [9.17, 15) is 9.90 Å². The fourth-order valence-electron chi connectivity index (χ4n) is 1.63. The molecule has 0 fully saturated rings. The van der Waals surface area contributed by atoms with Gasteiger partial charge in [-0.05, 0) is 30.5 Å². The van der Waals surface area contributed by atoms with Gasteiger partial charge in [-0.25, -0.2) is 0 Å². The fourth-order valence-corrected chi connectivity index (χ4v) is 1.81. The van der Waals surface area contributed by atoms with Gasteiger partial charge in [0.15, 0.2) is 0 Å². The van der Waals surface area contributed by atoms with Gasteiger partial charge in [0.05, 0.1) is 5.02 Å². The number of hydrogen-bond donors (Lipinski definition) is 2. The van der Waals surface area contributed by atoms with Gasteiger partial charge in [0, 0.05) is 12.1 Å². The first-order valence-corrected chi connectivity index (χ1v) is 6.65. The summed E-state index contributed by atoms with van der Waals surface area (Å²) in [5.74, 6) is 0.545. The van der Waals surface area contributed by atoms with E-state index in [0.29, 0.717) is 18.0 Å². The number of aromatic hydroxyl groups is 1. The van der Waals surface area contributed by atoms with Crippen LogP contribution in [0.3, 0.4) is 0 Å². The molecule has 0 aliphatic rings. The first kappa shape index (κ1) is 14.8. The highest BCUT2D eigenvalue weighted by Crippen LogP contribution is 2.23. The second-order valence-electron chi connectivity index (χ2n) is 4.81. The smallest absolute Gasteiger partial charge is 0.251 e. The Morgan fingerprint density at radius 1 is 1.39 bits per heavy atom. The molecule has 0 unspecified atom stereocenters. The van der Waals surface area contributed by atoms with E-state index < -0.39 is 0 Å². The number of benzene rings is 1. The average Bonchev–Trinajstić information content (AvgIpc) is 2.31. The predicted octanol–water partition coefficient (Wildman–Crippen LogP) is 3.60. The minimum absolute atomic E-state index is 0.00912. The molecule has 4 heteroatoms. The Morgan fingerprint density at radius 3 is 2.72 bits per heavy atom. The van der Waals surface area contributed by atoms with E-state index in [-0.39, 0.29) is 16.7 Å². The maximum atomic E-state index is 11.8. The predicted molar refractivity (Wildman–Crippen MR) is 74.1 cm³/mol. The van der Waals surface area contributed by atoms with Crippen LogP contribution in [0.5, 0.6) is 5.75 Å². The second kappa shape index (κ2) is 7.27. The standard InChI is InChI=1S/C14H20ClNO2/c1-10(2)5-3-4-8-16-14(18)11-6-7-13(17)12(15)9-11/h6-7,9-10,17H,3-5,8H2,1-2H3,(H,16,18). The first-order chi connectivity index (χ1) is 8.50. The summed E-state index contributed by atoms with van der Waals surface area (Å²) in [4.78, 5) is 11.8. The molecule has 2 N–H and O–H groups in total. The van der Waals surface area contributed by atoms with Crippen LogP contribution in [-0.2, 0) is 0 Å². The van der Waals surface area contributed by atoms with Crippen LogP contribution in [0, 0.1) is 5.92 Å². The Bertz CT molecular complexity index is 405. The maximum Gasteiger partial charge on any atom is 0.251 e. The third-order valence-corrected chi connectivity index (χ3v) is 3.01. The van der Waals surface area contributed by atoms with Gasteiger partial charge in [0.1, 0.15) is 5.75 Å². The molecule has 0 aliphatic heterocycles. The molecule has 1 amide bonds. The number of halogens is 1. The van der Waals surface area contributed by atoms with Gasteiger partial charge >= 0.3 is 0 Å². The van der Waals surface area contributed by atoms with Gasteiger partial charge in [-0.2, -0.15) is 0 Å². The Balaban J connectivity index is 2.34. The van der Waals surface area contributed by atoms with Crippen molar-refractivity contribution in [2.24, 2.45) is 5.92 Å². The highest BCUT2D eigenvalue weighted by Gasteiger charge is 2.07. The summed E-state index contributed by atoms with van der Waals surface area (Å²) >= 11 is 5.75. The van der Waals surface area contributed by atoms with Gasteiger partial charge in [0.2, 0.25) is 0 Å². The van der Waals surface area contributed by atoms with Crippen molar-refractivity contribution in [1.29, 1.82) is 0 Å². The molecular weight excluding hydrogens is 250 g/mol. The van der Waals surface area contributed by atoms with E-state index in [2.05, 4.69) is 19.2 Å². The molecule has 3 nitrogen and oxygen atoms in total. The molecule has 0 saturated carbocycles. The molecule has 1 aromatic rings. The average molecular weight is 270 g/mol. The highest BCUT2D eigenvalue weighted by atomic mass is 35.5. The van der Waals surface area contributed by atoms with Gasteiger partial charge in [-0.3, -0.25) is 4.79 Å². The Labute approximate surface area is 113 Å². The molecule has 0 spiro atoms. The lowest BCUT2D eigenvalue weighted by atomic mass is 10.1. The number of unbranched alkanes of at least 4 members (excludes halogenated alkanes) is 1. The third-order valence-electron chi connectivity index (χ3n) is 2.70. The molecule has 1 rings (SSSR count). The topological polar surface area (TPSA) is 49.3 Å². The molecule has 1 aromatic carbocycles. The quantitative estimate of drug-likeness (QED) is 0.775. The van der Waals surface area contributed by atoms with Crippen molar-refractivity contribution in [1.82, 2.24) is 5.32 Å². The van der Waals surface area contributed by atoms with Crippen molar-refractivity contribution < 1.29 is 9.90 Å². The maximum absolute atomic E-state index is 11.8. The van der Waals surface area contributed by atoms with Gasteiger partial charge < -0.3 is 10.4 Å². The normalized spacial score (nSPS) is 10.7. The summed E-state index contributed by atoms with van der Waals surface area (Å²) in [7, 11) is 0. The highest BCUT2D eigenvalue weighted by molar-refractivity contribution is 6.32. The molecular formula is C14H20ClNO2. The van der Waals surface area contributed by atoms with E-state index in [1.54, 1.807) is 6.07 Å². The van der Waals surface area contributed by atoms with Crippen molar-refractivity contribution in [3.8, 4) is 5.75 Å². The molecule has 0 radical (unpaired) electrons. The number of carbonyl (C=O) groups is 1. The van der Waals surface area contributed by atoms with Crippen LogP contribution in [0.15, 0.2) is 18.2 Å². The van der Waals surface area contributed by atoms with Crippen molar-refractivity contribution in [2.75, 3.05) is 6.54 Å². The number of amides is 1. The molecule has 0 aliphatic carbocycles. The number of hydrogen-bond acceptors (Lipinski definition) is 2. The van der Waals surface area contributed by atoms with Crippen LogP contribution in [-0.4, -0.2) is 17.6 Å². The Hall–Kier alpha value is -1.22. The minimum atomic E-state index is -0.151. The summed E-state index contributed by atoms with van der Waals surface area (Å²) < 4.78 is 0. The lowest BCUT2D eigenvalue weighted by Crippen LogP contribution is -2.24. The number of carbonyl (C=O) groups excluding carboxylic acids is 1. The monoisotopic (exact) mass is 269 g/mol. The van der Waals surface area contributed by atoms with Crippen molar-refractivity contribution >= 4 is 17.5 Å². The number of nitrogens with one attached hydrogen (secondary N) is 1. The van der Waals surface area contributed by atoms with Crippen LogP contribution >= 0.6 is 11.6 Å². The zero-order chi connectivity index (χ0) is 13.5. The van der Waals surface area contributed by atoms with E-state index in [0.717, 1.165) is 12.8 Å². The zero-order valence-electron chi connectivity index (χ0n) is 10.9. The van der Waals surface area contributed by atoms with Crippen LogP contribution in [0.4, 0.5) is 0 Å². The summed E-state index contributed by atoms with van der Waals surface area (Å²) in [6, 6.07) is 4.46. The van der Waals surface area contributed by atoms with Crippen LogP contribution in [0.1, 0.15) is 43.5 Å². The van der Waals surface area contributed by atoms with Gasteiger partial charge in [-0.15, -0.1) is 0 Å². The van der Waals surface area contributed by atoms with Gasteiger partial charge in [0.25, 0.3) is 5.91 Å². The second-order valence-corrected chi connectivity index (χ2v) is 5.22. The third kappa shape index (κ3) is 4.96. The SMILES string of the molecule is CC(C)CCCCNC(=O)c1ccc(O)c(Cl)c1. The van der Waals surface area contributed by atoms with Crippen LogP contribution in [0.25, 0.3) is 0 Å². The minimum Gasteiger partial charge on any atom is -0.506 e. The molecule has 0 atom stereocenters. The fraction of sp³-hybridized carbons (Fsp3) is 0.500. The van der Waals surface area contributed by atoms with Crippen LogP contribution in [0.2, 0.25) is 5.02 Å². The van der Waals surface area contributed by atoms with Crippen molar-refractivity contribution in [2.45, 2.75) is 33.1 Å². The molecule has 0 aromatic heterocycles. The largest absolute Gasteiger partial charge is 0.506 e. The molecule has 18 heavy (non-hydrogen) atoms. The van der Waals surface area contributed by atoms with Crippen LogP contribution < -0.4 is 5.32 Å². The van der Waals surface area contributed by atoms with Crippen molar-refractivity contribution in [3.05, 3.63) is 28.8 Å². The molecule has 0 saturated heterocycles. The molecule has 0 heterocycles. The summed E-state index contributed by atoms with van der Waals surface area (Å²) in [6.07, 6.45) is 3.28. The van der Waals surface area contributed by atoms with E-state index in [4.69, 9.17) is 11.6 Å². The van der Waals surface area contributed by atoms with Crippen molar-refractivity contribution in [3.63, 3.8) is 0 Å². The summed E-state index contributed by atoms with van der Waals surface area (Å²) in [6.45, 7) is 5.05. The Kier molecular flexibility index (Phi) is 5.99. The van der Waals surface area contributed by atoms with E-state index >= 15 is 0 Å². The zero-order valence-corrected chi connectivity index (χ0v) is 11.6. The van der Waals surface area contributed by atoms with E-state index in [1.807, 2.05) is 0 Å². The number of rotatable bonds is 6. The van der Waals surface area contributed by atoms with E-state index in [1.165, 1.54) is 18.6 Å². The summed E-state index contributed by atoms with van der Waals surface area (Å²) in [5.41, 5.74) is 0.474. The number of phenolic OH excluding ortho intramolecular Hbond substituents is 1.